The summed E-state index contributed by atoms with van der Waals surface area (Å²) in [5.41, 5.74) is 5.18. The molecule has 0 saturated carbocycles. The molecule has 0 aliphatic heterocycles. The van der Waals surface area contributed by atoms with Gasteiger partial charge in [-0.25, -0.2) is 0 Å². The molecule has 0 radical (unpaired) electrons. The standard InChI is InChI=1S/C6H13N3O/c1-2-9(3-4-10)6(8)5-7/h2,8,10H,1,3-5,7H2. The van der Waals surface area contributed by atoms with Crippen LogP contribution in [0.2, 0.25) is 0 Å². The van der Waals surface area contributed by atoms with Crippen molar-refractivity contribution in [1.82, 2.24) is 4.90 Å². The van der Waals surface area contributed by atoms with Crippen LogP contribution < -0.4 is 5.73 Å². The molecule has 4 N–H and O–H groups in total. The Kier molecular flexibility index (Phi) is 4.53. The molecule has 0 aliphatic carbocycles. The van der Waals surface area contributed by atoms with E-state index in [2.05, 4.69) is 6.58 Å². The number of rotatable bonds is 4. The summed E-state index contributed by atoms with van der Waals surface area (Å²) in [6.45, 7) is 4.04. The fourth-order valence-corrected chi connectivity index (χ4v) is 0.561. The maximum absolute atomic E-state index is 8.49. The molecule has 58 valence electrons. The highest BCUT2D eigenvalue weighted by atomic mass is 16.3. The van der Waals surface area contributed by atoms with Crippen LogP contribution in [0.4, 0.5) is 0 Å². The summed E-state index contributed by atoms with van der Waals surface area (Å²) >= 11 is 0. The highest BCUT2D eigenvalue weighted by molar-refractivity contribution is 5.81. The van der Waals surface area contributed by atoms with Crippen LogP contribution in [0.25, 0.3) is 0 Å². The van der Waals surface area contributed by atoms with Crippen molar-refractivity contribution in [2.24, 2.45) is 5.73 Å². The molecule has 0 amide bonds. The van der Waals surface area contributed by atoms with Gasteiger partial charge in [0.1, 0.15) is 5.84 Å². The largest absolute Gasteiger partial charge is 0.395 e. The van der Waals surface area contributed by atoms with Crippen molar-refractivity contribution < 1.29 is 5.11 Å². The Bertz CT molecular complexity index is 124. The van der Waals surface area contributed by atoms with E-state index in [1.807, 2.05) is 0 Å². The molecule has 4 nitrogen and oxygen atoms in total. The van der Waals surface area contributed by atoms with Gasteiger partial charge in [-0.3, -0.25) is 5.41 Å². The Morgan fingerprint density at radius 2 is 2.40 bits per heavy atom. The second-order valence-corrected chi connectivity index (χ2v) is 1.75. The summed E-state index contributed by atoms with van der Waals surface area (Å²) < 4.78 is 0. The van der Waals surface area contributed by atoms with E-state index < -0.39 is 0 Å². The van der Waals surface area contributed by atoms with E-state index in [1.54, 1.807) is 0 Å². The van der Waals surface area contributed by atoms with E-state index >= 15 is 0 Å². The Labute approximate surface area is 60.5 Å². The third-order valence-corrected chi connectivity index (χ3v) is 1.10. The number of nitrogens with zero attached hydrogens (tertiary/aromatic N) is 1. The molecule has 0 aliphatic rings. The van der Waals surface area contributed by atoms with Crippen LogP contribution >= 0.6 is 0 Å². The first-order valence-corrected chi connectivity index (χ1v) is 3.03. The summed E-state index contributed by atoms with van der Waals surface area (Å²) in [6, 6.07) is 0. The van der Waals surface area contributed by atoms with Crippen molar-refractivity contribution in [3.8, 4) is 0 Å². The van der Waals surface area contributed by atoms with Gasteiger partial charge in [0.2, 0.25) is 0 Å². The number of nitrogens with two attached hydrogens (primary N) is 1. The van der Waals surface area contributed by atoms with Crippen molar-refractivity contribution in [1.29, 1.82) is 5.41 Å². The maximum Gasteiger partial charge on any atom is 0.114 e. The van der Waals surface area contributed by atoms with Gasteiger partial charge < -0.3 is 15.7 Å². The van der Waals surface area contributed by atoms with Gasteiger partial charge in [0.05, 0.1) is 13.2 Å². The highest BCUT2D eigenvalue weighted by Crippen LogP contribution is 1.87. The molecule has 0 unspecified atom stereocenters. The SMILES string of the molecule is C=CN(CCO)C(=N)CN. The zero-order valence-electron chi connectivity index (χ0n) is 5.88. The molecule has 0 heterocycles. The summed E-state index contributed by atoms with van der Waals surface area (Å²) in [5, 5.41) is 15.7. The van der Waals surface area contributed by atoms with Gasteiger partial charge in [0.15, 0.2) is 0 Å². The van der Waals surface area contributed by atoms with Gasteiger partial charge >= 0.3 is 0 Å². The summed E-state index contributed by atoms with van der Waals surface area (Å²) in [6.07, 6.45) is 1.48. The first kappa shape index (κ1) is 9.13. The minimum Gasteiger partial charge on any atom is -0.395 e. The quantitative estimate of drug-likeness (QED) is 0.362. The second-order valence-electron chi connectivity index (χ2n) is 1.75. The molecule has 0 spiro atoms. The zero-order chi connectivity index (χ0) is 7.98. The third kappa shape index (κ3) is 2.61. The number of hydrogen-bond acceptors (Lipinski definition) is 3. The minimum absolute atomic E-state index is 0.00833. The van der Waals surface area contributed by atoms with Crippen LogP contribution in [-0.4, -0.2) is 35.5 Å². The lowest BCUT2D eigenvalue weighted by Crippen LogP contribution is -2.32. The first-order valence-electron chi connectivity index (χ1n) is 3.03. The predicted molar refractivity (Wildman–Crippen MR) is 40.8 cm³/mol. The Morgan fingerprint density at radius 3 is 2.70 bits per heavy atom. The summed E-state index contributed by atoms with van der Waals surface area (Å²) in [4.78, 5) is 1.50. The lowest BCUT2D eigenvalue weighted by molar-refractivity contribution is 0.270. The van der Waals surface area contributed by atoms with E-state index in [4.69, 9.17) is 16.2 Å². The molecule has 0 saturated heterocycles. The van der Waals surface area contributed by atoms with E-state index in [0.717, 1.165) is 0 Å². The number of aliphatic hydroxyl groups excluding tert-OH is 1. The van der Waals surface area contributed by atoms with Crippen LogP contribution in [0.3, 0.4) is 0 Å². The van der Waals surface area contributed by atoms with E-state index in [-0.39, 0.29) is 19.0 Å². The smallest absolute Gasteiger partial charge is 0.114 e. The maximum atomic E-state index is 8.49. The van der Waals surface area contributed by atoms with Crippen LogP contribution in [0.5, 0.6) is 0 Å². The van der Waals surface area contributed by atoms with Gasteiger partial charge in [-0.15, -0.1) is 0 Å². The van der Waals surface area contributed by atoms with Gasteiger partial charge in [-0.2, -0.15) is 0 Å². The fraction of sp³-hybridized carbons (Fsp3) is 0.500. The van der Waals surface area contributed by atoms with E-state index in [1.165, 1.54) is 11.1 Å². The molecule has 4 heteroatoms. The molecule has 10 heavy (non-hydrogen) atoms. The lowest BCUT2D eigenvalue weighted by Gasteiger charge is -2.17. The minimum atomic E-state index is 0.00833. The average molecular weight is 143 g/mol. The molecule has 0 aromatic carbocycles. The van der Waals surface area contributed by atoms with Crippen molar-refractivity contribution >= 4 is 5.84 Å². The van der Waals surface area contributed by atoms with Gasteiger partial charge in [0.25, 0.3) is 0 Å². The third-order valence-electron chi connectivity index (χ3n) is 1.10. The van der Waals surface area contributed by atoms with Crippen molar-refractivity contribution in [3.63, 3.8) is 0 Å². The number of amidine groups is 1. The van der Waals surface area contributed by atoms with Crippen molar-refractivity contribution in [2.45, 2.75) is 0 Å². The fourth-order valence-electron chi connectivity index (χ4n) is 0.561. The average Bonchev–Trinajstić information content (AvgIpc) is 1.99. The summed E-state index contributed by atoms with van der Waals surface area (Å²) in [5.74, 6) is 0.268. The summed E-state index contributed by atoms with van der Waals surface area (Å²) in [7, 11) is 0. The van der Waals surface area contributed by atoms with Crippen LogP contribution in [-0.2, 0) is 0 Å². The second kappa shape index (κ2) is 4.96. The molecule has 0 atom stereocenters. The van der Waals surface area contributed by atoms with Gasteiger partial charge in [-0.1, -0.05) is 6.58 Å². The molecule has 0 aromatic rings. The predicted octanol–water partition coefficient (Wildman–Crippen LogP) is -0.640. The normalized spacial score (nSPS) is 9.00. The molecule has 0 bridgehead atoms. The van der Waals surface area contributed by atoms with Crippen molar-refractivity contribution in [3.05, 3.63) is 12.8 Å². The van der Waals surface area contributed by atoms with E-state index in [0.29, 0.717) is 6.54 Å². The van der Waals surface area contributed by atoms with Gasteiger partial charge in [0, 0.05) is 6.54 Å². The molecular weight excluding hydrogens is 130 g/mol. The monoisotopic (exact) mass is 143 g/mol. The van der Waals surface area contributed by atoms with E-state index in [9.17, 15) is 0 Å². The number of nitrogens with one attached hydrogen (secondary N) is 1. The van der Waals surface area contributed by atoms with Crippen molar-refractivity contribution in [2.75, 3.05) is 19.7 Å². The zero-order valence-corrected chi connectivity index (χ0v) is 5.88. The molecule has 0 aromatic heterocycles. The van der Waals surface area contributed by atoms with Crippen LogP contribution in [0.15, 0.2) is 12.8 Å². The Balaban J connectivity index is 3.80. The molecule has 0 rings (SSSR count). The molecular formula is C6H13N3O. The Morgan fingerprint density at radius 1 is 1.80 bits per heavy atom. The number of aliphatic hydroxyl groups is 1. The lowest BCUT2D eigenvalue weighted by atomic mass is 10.4. The van der Waals surface area contributed by atoms with Gasteiger partial charge in [-0.05, 0) is 6.20 Å². The first-order chi connectivity index (χ1) is 4.76. The van der Waals surface area contributed by atoms with Crippen LogP contribution in [0.1, 0.15) is 0 Å². The highest BCUT2D eigenvalue weighted by Gasteiger charge is 2.00. The Hall–Kier alpha value is -0.870. The van der Waals surface area contributed by atoms with Crippen LogP contribution in [0, 0.1) is 5.41 Å². The number of hydrogen-bond donors (Lipinski definition) is 3. The topological polar surface area (TPSA) is 73.3 Å². The molecule has 0 fully saturated rings.